The Morgan fingerprint density at radius 2 is 1.32 bits per heavy atom. The molecule has 0 saturated carbocycles. The van der Waals surface area contributed by atoms with Gasteiger partial charge in [0.1, 0.15) is 0 Å². The minimum atomic E-state index is -3.30. The second-order valence-electron chi connectivity index (χ2n) is 6.98. The van der Waals surface area contributed by atoms with E-state index < -0.39 is 10.1 Å². The molecule has 0 aliphatic carbocycles. The van der Waals surface area contributed by atoms with Gasteiger partial charge in [0, 0.05) is 0 Å². The minimum Gasteiger partial charge on any atom is -0.267 e. The first-order valence-corrected chi connectivity index (χ1v) is 12.0. The van der Waals surface area contributed by atoms with Crippen molar-refractivity contribution in [2.24, 2.45) is 0 Å². The van der Waals surface area contributed by atoms with Gasteiger partial charge in [-0.25, -0.2) is 0 Å². The van der Waals surface area contributed by atoms with E-state index in [9.17, 15) is 8.42 Å². The molecule has 0 aromatic carbocycles. The second-order valence-corrected chi connectivity index (χ2v) is 8.58. The van der Waals surface area contributed by atoms with Crippen LogP contribution in [0.2, 0.25) is 0 Å². The normalized spacial score (nSPS) is 13.9. The minimum absolute atomic E-state index is 0.191. The fraction of sp³-hybridized carbons (Fsp3) is 0.810. The highest BCUT2D eigenvalue weighted by Gasteiger charge is 2.09. The monoisotopic (exact) mass is 372 g/mol. The summed E-state index contributed by atoms with van der Waals surface area (Å²) < 4.78 is 26.9. The van der Waals surface area contributed by atoms with Gasteiger partial charge in [-0.3, -0.25) is 4.18 Å². The van der Waals surface area contributed by atoms with Crippen molar-refractivity contribution in [3.05, 3.63) is 24.3 Å². The van der Waals surface area contributed by atoms with E-state index >= 15 is 0 Å². The van der Waals surface area contributed by atoms with Crippen molar-refractivity contribution < 1.29 is 12.6 Å². The molecule has 0 aliphatic heterocycles. The average Bonchev–Trinajstić information content (AvgIpc) is 2.53. The van der Waals surface area contributed by atoms with Crippen molar-refractivity contribution in [1.29, 1.82) is 0 Å². The maximum Gasteiger partial charge on any atom is 0.264 e. The van der Waals surface area contributed by atoms with Gasteiger partial charge in [-0.2, -0.15) is 8.42 Å². The number of hydrogen-bond donors (Lipinski definition) is 0. The first-order valence-electron chi connectivity index (χ1n) is 10.1. The third kappa shape index (κ3) is 21.3. The molecular weight excluding hydrogens is 332 g/mol. The summed E-state index contributed by atoms with van der Waals surface area (Å²) >= 11 is 0. The van der Waals surface area contributed by atoms with Crippen molar-refractivity contribution >= 4 is 10.1 Å². The van der Waals surface area contributed by atoms with Crippen LogP contribution in [0.25, 0.3) is 0 Å². The lowest BCUT2D eigenvalue weighted by molar-refractivity contribution is 0.216. The van der Waals surface area contributed by atoms with Crippen molar-refractivity contribution in [3.8, 4) is 0 Å². The van der Waals surface area contributed by atoms with E-state index in [1.54, 1.807) is 0 Å². The Bertz CT molecular complexity index is 438. The fourth-order valence-electron chi connectivity index (χ4n) is 2.75. The van der Waals surface area contributed by atoms with E-state index in [2.05, 4.69) is 31.2 Å². The lowest BCUT2D eigenvalue weighted by Crippen LogP contribution is -2.13. The molecule has 0 bridgehead atoms. The smallest absolute Gasteiger partial charge is 0.264 e. The van der Waals surface area contributed by atoms with Crippen LogP contribution in [0, 0.1) is 0 Å². The van der Waals surface area contributed by atoms with E-state index in [0.717, 1.165) is 25.5 Å². The highest BCUT2D eigenvalue weighted by atomic mass is 32.2. The quantitative estimate of drug-likeness (QED) is 0.165. The zero-order chi connectivity index (χ0) is 18.8. The molecular formula is C21H40O3S. The first kappa shape index (κ1) is 24.4. The molecule has 25 heavy (non-hydrogen) atoms. The number of rotatable bonds is 17. The van der Waals surface area contributed by atoms with Crippen molar-refractivity contribution in [3.63, 3.8) is 0 Å². The van der Waals surface area contributed by atoms with Crippen molar-refractivity contribution in [2.45, 2.75) is 103 Å². The molecule has 1 atom stereocenters. The molecule has 0 N–H and O–H groups in total. The summed E-state index contributed by atoms with van der Waals surface area (Å²) in [5.74, 6) is 0. The Balaban J connectivity index is 3.30. The first-order chi connectivity index (χ1) is 12.0. The Hall–Kier alpha value is -0.610. The number of hydrogen-bond acceptors (Lipinski definition) is 3. The van der Waals surface area contributed by atoms with Crippen LogP contribution in [-0.4, -0.2) is 20.8 Å². The van der Waals surface area contributed by atoms with Crippen LogP contribution in [0.3, 0.4) is 0 Å². The number of unbranched alkanes of at least 4 members (excludes halogenated alkanes) is 9. The SMILES string of the molecule is CCCCC=CCC=CCCCCCCCCCC(C)OS(C)(=O)=O. The molecule has 4 heteroatoms. The zero-order valence-electron chi connectivity index (χ0n) is 16.7. The highest BCUT2D eigenvalue weighted by Crippen LogP contribution is 2.12. The standard InChI is InChI=1S/C21H40O3S/c1-4-5-6-7-8-9-10-11-12-13-14-15-16-17-18-19-20-21(2)24-25(3,22)23/h7-8,10-11,21H,4-6,9,12-20H2,1-3H3. The largest absolute Gasteiger partial charge is 0.267 e. The van der Waals surface area contributed by atoms with Gasteiger partial charge in [-0.1, -0.05) is 82.6 Å². The second kappa shape index (κ2) is 16.8. The third-order valence-electron chi connectivity index (χ3n) is 4.15. The molecule has 0 aliphatic rings. The number of allylic oxidation sites excluding steroid dienone is 4. The van der Waals surface area contributed by atoms with Gasteiger partial charge in [-0.15, -0.1) is 0 Å². The molecule has 0 heterocycles. The molecule has 0 saturated heterocycles. The van der Waals surface area contributed by atoms with E-state index in [1.807, 2.05) is 6.92 Å². The molecule has 0 aromatic heterocycles. The molecule has 1 unspecified atom stereocenters. The molecule has 0 fully saturated rings. The Morgan fingerprint density at radius 3 is 1.88 bits per heavy atom. The van der Waals surface area contributed by atoms with Crippen LogP contribution < -0.4 is 0 Å². The Kier molecular flexibility index (Phi) is 16.4. The van der Waals surface area contributed by atoms with E-state index in [-0.39, 0.29) is 6.10 Å². The zero-order valence-corrected chi connectivity index (χ0v) is 17.5. The lowest BCUT2D eigenvalue weighted by atomic mass is 10.1. The van der Waals surface area contributed by atoms with Gasteiger partial charge in [0.15, 0.2) is 0 Å². The van der Waals surface area contributed by atoms with Crippen LogP contribution in [0.4, 0.5) is 0 Å². The highest BCUT2D eigenvalue weighted by molar-refractivity contribution is 7.86. The van der Waals surface area contributed by atoms with Crippen LogP contribution in [0.5, 0.6) is 0 Å². The molecule has 3 nitrogen and oxygen atoms in total. The topological polar surface area (TPSA) is 43.4 Å². The molecule has 148 valence electrons. The summed E-state index contributed by atoms with van der Waals surface area (Å²) in [5, 5.41) is 0. The Morgan fingerprint density at radius 1 is 0.800 bits per heavy atom. The van der Waals surface area contributed by atoms with E-state index in [1.165, 1.54) is 64.2 Å². The average molecular weight is 373 g/mol. The van der Waals surface area contributed by atoms with Gasteiger partial charge < -0.3 is 0 Å². The van der Waals surface area contributed by atoms with E-state index in [0.29, 0.717) is 0 Å². The van der Waals surface area contributed by atoms with Gasteiger partial charge >= 0.3 is 0 Å². The van der Waals surface area contributed by atoms with Crippen molar-refractivity contribution in [1.82, 2.24) is 0 Å². The van der Waals surface area contributed by atoms with Crippen LogP contribution >= 0.6 is 0 Å². The summed E-state index contributed by atoms with van der Waals surface area (Å²) in [5.41, 5.74) is 0. The van der Waals surface area contributed by atoms with Gasteiger partial charge in [0.2, 0.25) is 0 Å². The van der Waals surface area contributed by atoms with Gasteiger partial charge in [0.05, 0.1) is 12.4 Å². The lowest BCUT2D eigenvalue weighted by Gasteiger charge is -2.10. The maximum atomic E-state index is 11.0. The summed E-state index contributed by atoms with van der Waals surface area (Å²) in [7, 11) is -3.30. The van der Waals surface area contributed by atoms with Crippen LogP contribution in [0.1, 0.15) is 97.3 Å². The third-order valence-corrected chi connectivity index (χ3v) is 4.83. The van der Waals surface area contributed by atoms with Gasteiger partial charge in [0.25, 0.3) is 10.1 Å². The fourth-order valence-corrected chi connectivity index (χ4v) is 3.45. The molecule has 0 rings (SSSR count). The predicted octanol–water partition coefficient (Wildman–Crippen LogP) is 6.55. The van der Waals surface area contributed by atoms with E-state index in [4.69, 9.17) is 4.18 Å². The molecule has 0 spiro atoms. The summed E-state index contributed by atoms with van der Waals surface area (Å²) in [6.45, 7) is 4.06. The maximum absolute atomic E-state index is 11.0. The van der Waals surface area contributed by atoms with Crippen molar-refractivity contribution in [2.75, 3.05) is 6.26 Å². The predicted molar refractivity (Wildman–Crippen MR) is 109 cm³/mol. The summed E-state index contributed by atoms with van der Waals surface area (Å²) in [4.78, 5) is 0. The molecule has 0 aromatic rings. The van der Waals surface area contributed by atoms with Crippen LogP contribution in [0.15, 0.2) is 24.3 Å². The summed E-state index contributed by atoms with van der Waals surface area (Å²) in [6.07, 6.45) is 25.6. The Labute approximate surface area is 157 Å². The molecule has 0 amide bonds. The van der Waals surface area contributed by atoms with Gasteiger partial charge in [-0.05, 0) is 39.0 Å². The molecule has 0 radical (unpaired) electrons. The van der Waals surface area contributed by atoms with Crippen LogP contribution in [-0.2, 0) is 14.3 Å². The summed E-state index contributed by atoms with van der Waals surface area (Å²) in [6, 6.07) is 0.